The lowest BCUT2D eigenvalue weighted by molar-refractivity contribution is -0.155. The maximum absolute atomic E-state index is 15.3. The van der Waals surface area contributed by atoms with Gasteiger partial charge in [0.15, 0.2) is 0 Å². The minimum atomic E-state index is -4.83. The van der Waals surface area contributed by atoms with Gasteiger partial charge in [-0.2, -0.15) is 13.2 Å². The molecule has 103 heavy (non-hydrogen) atoms. The van der Waals surface area contributed by atoms with Gasteiger partial charge in [-0.25, -0.2) is 8.78 Å². The molecule has 0 unspecified atom stereocenters. The standard InChI is InChI=1S/C71H113ClF5N13O13/c1-15-37-103-44-53-66(98)88(14)62(45(3)4)70(102)87(13)56(68(100)90-32-21-18-22-33-90)40-58(92)84(10)47(6)63(95)80-61(46(5)16-2)69(101)83(9)42-59(93)81(7)43-60(94)85(11)55(39-48-23-19-17-20-24-48)67(99)82(8)41-57(91)78-52(28-26-49-25-27-50(51(72)38-49)71(75,76)77)65(97)86(12)54(64(96)79-53)29-34-89(35-30-73)36-31-74/h25,27,38,45-48,52-56,61-62H,15-24,26,28-37,39-44H2,1-14H3,(H,78,91)(H,79,96)(H,80,95)/t46-,47-,52-,53-,54-,55-,56-,61-,62-/m0/s1. The molecule has 9 atom stereocenters. The lowest BCUT2D eigenvalue weighted by Crippen LogP contribution is -2.62. The summed E-state index contributed by atoms with van der Waals surface area (Å²) in [6, 6.07) is -8.62. The number of hydrogen-bond acceptors (Lipinski definition) is 14. The van der Waals surface area contributed by atoms with Crippen molar-refractivity contribution in [2.24, 2.45) is 17.8 Å². The summed E-state index contributed by atoms with van der Waals surface area (Å²) in [7, 11) is 10.5. The van der Waals surface area contributed by atoms with E-state index < -0.39 is 194 Å². The molecule has 2 heterocycles. The van der Waals surface area contributed by atoms with Crippen molar-refractivity contribution in [1.29, 1.82) is 0 Å². The number of nitrogens with one attached hydrogen (secondary N) is 3. The second-order valence-corrected chi connectivity index (χ2v) is 28.6. The van der Waals surface area contributed by atoms with Crippen molar-refractivity contribution < 1.29 is 84.2 Å². The van der Waals surface area contributed by atoms with Crippen LogP contribution < -0.4 is 16.0 Å². The third-order valence-corrected chi connectivity index (χ3v) is 20.5. The van der Waals surface area contributed by atoms with Gasteiger partial charge in [0.25, 0.3) is 0 Å². The summed E-state index contributed by atoms with van der Waals surface area (Å²) in [6.45, 7) is 5.61. The van der Waals surface area contributed by atoms with Crippen molar-refractivity contribution in [2.75, 3.05) is 135 Å². The highest BCUT2D eigenvalue weighted by Gasteiger charge is 2.44. The zero-order valence-corrected chi connectivity index (χ0v) is 63.5. The highest BCUT2D eigenvalue weighted by Crippen LogP contribution is 2.36. The Balaban J connectivity index is 1.95. The van der Waals surface area contributed by atoms with Crippen LogP contribution in [0.1, 0.15) is 143 Å². The Hall–Kier alpha value is -7.28. The molecule has 4 rings (SSSR count). The summed E-state index contributed by atoms with van der Waals surface area (Å²) >= 11 is 6.14. The summed E-state index contributed by atoms with van der Waals surface area (Å²) in [5, 5.41) is 7.46. The molecule has 0 spiro atoms. The lowest BCUT2D eigenvalue weighted by atomic mass is 9.84. The molecule has 582 valence electrons. The Morgan fingerprint density at radius 1 is 0.631 bits per heavy atom. The monoisotopic (exact) mass is 1490 g/mol. The molecule has 3 fully saturated rings. The number of likely N-dealkylation sites (tertiary alicyclic amines) is 1. The third-order valence-electron chi connectivity index (χ3n) is 20.2. The molecule has 0 radical (unpaired) electrons. The number of nitrogens with zero attached hydrogens (tertiary/aromatic N) is 10. The SMILES string of the molecule is CCCOC[C@@H]1NC(=O)[C@H](CCN(CCF)CCF)N(C)C(=O)[C@H](CCc2ccc(C(F)(F)F)c(Cl)c2)NC(=O)CN(C)C(=O)[C@H](CC2CCCCC2)N(C)C(=O)CN(C)C(=O)CN(C)C(=O)[C@H]([C@@H](C)CC)NC(=O)[C@H](C)N(C)C(=O)C[C@@H](C(=O)N2CCCCC2)N(C)C(=O)[C@H](C(C)C)N(C)C1=O. The molecule has 2 saturated heterocycles. The number of benzene rings is 1. The van der Waals surface area contributed by atoms with E-state index in [2.05, 4.69) is 16.0 Å². The Bertz CT molecular complexity index is 3050. The van der Waals surface area contributed by atoms with Gasteiger partial charge in [-0.3, -0.25) is 62.4 Å². The van der Waals surface area contributed by atoms with Crippen LogP contribution in [0.25, 0.3) is 0 Å². The highest BCUT2D eigenvalue weighted by atomic mass is 35.5. The number of aryl methyl sites for hydroxylation is 1. The van der Waals surface area contributed by atoms with Crippen molar-refractivity contribution in [1.82, 2.24) is 64.9 Å². The molecule has 2 aliphatic heterocycles. The number of halogens is 6. The molecule has 3 aliphatic rings. The predicted molar refractivity (Wildman–Crippen MR) is 377 cm³/mol. The molecule has 12 amide bonds. The van der Waals surface area contributed by atoms with Crippen molar-refractivity contribution >= 4 is 82.5 Å². The number of rotatable bonds is 20. The molecule has 26 nitrogen and oxygen atoms in total. The van der Waals surface area contributed by atoms with Gasteiger partial charge in [0, 0.05) is 95.7 Å². The molecule has 32 heteroatoms. The van der Waals surface area contributed by atoms with Gasteiger partial charge < -0.3 is 64.8 Å². The second kappa shape index (κ2) is 42.0. The van der Waals surface area contributed by atoms with E-state index in [-0.39, 0.29) is 63.4 Å². The summed E-state index contributed by atoms with van der Waals surface area (Å²) in [4.78, 5) is 189. The van der Waals surface area contributed by atoms with Crippen LogP contribution in [0.2, 0.25) is 5.02 Å². The zero-order chi connectivity index (χ0) is 77.3. The Morgan fingerprint density at radius 2 is 1.22 bits per heavy atom. The number of ether oxygens (including phenoxy) is 1. The third kappa shape index (κ3) is 25.5. The van der Waals surface area contributed by atoms with Gasteiger partial charge >= 0.3 is 6.18 Å². The van der Waals surface area contributed by atoms with Crippen LogP contribution in [0.15, 0.2) is 18.2 Å². The van der Waals surface area contributed by atoms with Gasteiger partial charge in [0.05, 0.1) is 43.2 Å². The molecular formula is C71H113ClF5N13O13. The largest absolute Gasteiger partial charge is 0.417 e. The van der Waals surface area contributed by atoms with E-state index in [1.807, 2.05) is 0 Å². The minimum absolute atomic E-state index is 0.0380. The van der Waals surface area contributed by atoms with Crippen LogP contribution >= 0.6 is 11.6 Å². The Labute approximate surface area is 609 Å². The van der Waals surface area contributed by atoms with E-state index in [1.54, 1.807) is 39.5 Å². The molecular weight excluding hydrogens is 1370 g/mol. The average molecular weight is 1490 g/mol. The normalized spacial score (nSPS) is 24.5. The summed E-state index contributed by atoms with van der Waals surface area (Å²) in [5.74, 6) is -10.8. The maximum atomic E-state index is 15.3. The van der Waals surface area contributed by atoms with Crippen LogP contribution in [-0.4, -0.2) is 304 Å². The first-order chi connectivity index (χ1) is 48.4. The van der Waals surface area contributed by atoms with E-state index in [9.17, 15) is 60.3 Å². The topological polar surface area (TPSA) is 283 Å². The minimum Gasteiger partial charge on any atom is -0.379 e. The number of hydrogen-bond donors (Lipinski definition) is 3. The van der Waals surface area contributed by atoms with Crippen molar-refractivity contribution in [3.05, 3.63) is 34.3 Å². The van der Waals surface area contributed by atoms with Crippen molar-refractivity contribution in [3.8, 4) is 0 Å². The van der Waals surface area contributed by atoms with E-state index in [0.717, 1.165) is 91.0 Å². The van der Waals surface area contributed by atoms with Crippen molar-refractivity contribution in [3.63, 3.8) is 0 Å². The number of piperidine rings is 1. The fraction of sp³-hybridized carbons (Fsp3) is 0.746. The molecule has 1 saturated carbocycles. The average Bonchev–Trinajstić information content (AvgIpc) is 0.808. The summed E-state index contributed by atoms with van der Waals surface area (Å²) in [5.41, 5.74) is -0.943. The van der Waals surface area contributed by atoms with Gasteiger partial charge in [0.1, 0.15) is 61.7 Å². The first kappa shape index (κ1) is 88.1. The summed E-state index contributed by atoms with van der Waals surface area (Å²) in [6.07, 6.45) is 0.754. The lowest BCUT2D eigenvalue weighted by Gasteiger charge is -2.40. The van der Waals surface area contributed by atoms with Crippen LogP contribution in [0.5, 0.6) is 0 Å². The quantitative estimate of drug-likeness (QED) is 0.120. The molecule has 1 aliphatic carbocycles. The number of amides is 12. The van der Waals surface area contributed by atoms with Crippen LogP contribution in [0.3, 0.4) is 0 Å². The first-order valence-corrected chi connectivity index (χ1v) is 36.4. The summed E-state index contributed by atoms with van der Waals surface area (Å²) < 4.78 is 75.8. The first-order valence-electron chi connectivity index (χ1n) is 36.0. The predicted octanol–water partition coefficient (Wildman–Crippen LogP) is 4.42. The van der Waals surface area contributed by atoms with E-state index in [0.29, 0.717) is 38.8 Å². The van der Waals surface area contributed by atoms with Gasteiger partial charge in [-0.15, -0.1) is 0 Å². The van der Waals surface area contributed by atoms with Crippen LogP contribution in [0, 0.1) is 17.8 Å². The van der Waals surface area contributed by atoms with E-state index >= 15 is 19.2 Å². The molecule has 0 bridgehead atoms. The number of carbonyl (C=O) groups excluding carboxylic acids is 12. The molecule has 0 aromatic heterocycles. The van der Waals surface area contributed by atoms with Crippen LogP contribution in [0.4, 0.5) is 22.0 Å². The van der Waals surface area contributed by atoms with Gasteiger partial charge in [-0.05, 0) is 93.7 Å². The van der Waals surface area contributed by atoms with Gasteiger partial charge in [0.2, 0.25) is 70.9 Å². The molecule has 1 aromatic carbocycles. The molecule has 1 aromatic rings. The van der Waals surface area contributed by atoms with E-state index in [1.165, 1.54) is 73.1 Å². The Kier molecular flexibility index (Phi) is 35.9. The number of carbonyl (C=O) groups is 12. The van der Waals surface area contributed by atoms with Crippen LogP contribution in [-0.2, 0) is 74.9 Å². The Morgan fingerprint density at radius 3 is 1.80 bits per heavy atom. The number of likely N-dealkylation sites (N-methyl/N-ethyl adjacent to an activating group) is 8. The van der Waals surface area contributed by atoms with Crippen molar-refractivity contribution in [2.45, 2.75) is 192 Å². The fourth-order valence-electron chi connectivity index (χ4n) is 13.3. The zero-order valence-electron chi connectivity index (χ0n) is 62.7. The smallest absolute Gasteiger partial charge is 0.379 e. The van der Waals surface area contributed by atoms with E-state index in [4.69, 9.17) is 16.3 Å². The molecule has 3 N–H and O–H groups in total. The highest BCUT2D eigenvalue weighted by molar-refractivity contribution is 6.31. The fourth-order valence-corrected chi connectivity index (χ4v) is 13.6. The second-order valence-electron chi connectivity index (χ2n) is 28.2. The number of alkyl halides is 5. The maximum Gasteiger partial charge on any atom is 0.417 e. The van der Waals surface area contributed by atoms with Gasteiger partial charge in [-0.1, -0.05) is 90.8 Å².